The van der Waals surface area contributed by atoms with Crippen LogP contribution in [0.3, 0.4) is 0 Å². The number of halogens is 1. The molecule has 0 spiro atoms. The van der Waals surface area contributed by atoms with Crippen LogP contribution in [0, 0.1) is 0 Å². The summed E-state index contributed by atoms with van der Waals surface area (Å²) in [5, 5.41) is 3.23. The predicted octanol–water partition coefficient (Wildman–Crippen LogP) is 3.93. The van der Waals surface area contributed by atoms with Crippen molar-refractivity contribution in [2.75, 3.05) is 32.7 Å². The first-order valence-electron chi connectivity index (χ1n) is 10.7. The number of carbonyl (C=O) groups excluding carboxylic acids is 1. The summed E-state index contributed by atoms with van der Waals surface area (Å²) >= 11 is 3.53. The fourth-order valence-electron chi connectivity index (χ4n) is 4.29. The molecule has 0 radical (unpaired) electrons. The topological polar surface area (TPSA) is 35.6 Å². The minimum atomic E-state index is -0.338. The summed E-state index contributed by atoms with van der Waals surface area (Å²) < 4.78 is 1.03. The molecule has 2 aliphatic rings. The second kappa shape index (κ2) is 8.99. The Morgan fingerprint density at radius 1 is 1.00 bits per heavy atom. The maximum atomic E-state index is 13.0. The number of nitrogens with zero attached hydrogens (tertiary/aromatic N) is 2. The lowest BCUT2D eigenvalue weighted by atomic mass is 9.95. The van der Waals surface area contributed by atoms with Gasteiger partial charge in [-0.25, -0.2) is 0 Å². The quantitative estimate of drug-likeness (QED) is 0.686. The van der Waals surface area contributed by atoms with Crippen LogP contribution in [0.5, 0.6) is 0 Å². The van der Waals surface area contributed by atoms with Gasteiger partial charge in [0.15, 0.2) is 0 Å². The Morgan fingerprint density at radius 2 is 1.69 bits per heavy atom. The van der Waals surface area contributed by atoms with Crippen molar-refractivity contribution in [1.82, 2.24) is 15.1 Å². The molecule has 0 aromatic heterocycles. The lowest BCUT2D eigenvalue weighted by Crippen LogP contribution is -2.45. The van der Waals surface area contributed by atoms with Crippen LogP contribution >= 0.6 is 15.9 Å². The molecule has 2 fully saturated rings. The first kappa shape index (κ1) is 20.6. The van der Waals surface area contributed by atoms with Crippen LogP contribution in [0.4, 0.5) is 0 Å². The summed E-state index contributed by atoms with van der Waals surface area (Å²) in [6.45, 7) is 9.43. The minimum absolute atomic E-state index is 0.155. The molecule has 29 heavy (non-hydrogen) atoms. The minimum Gasteiger partial charge on any atom is -0.351 e. The van der Waals surface area contributed by atoms with E-state index in [-0.39, 0.29) is 11.3 Å². The predicted molar refractivity (Wildman–Crippen MR) is 121 cm³/mol. The van der Waals surface area contributed by atoms with Crippen molar-refractivity contribution in [2.24, 2.45) is 0 Å². The molecule has 1 heterocycles. The molecule has 5 heteroatoms. The fraction of sp³-hybridized carbons (Fsp3) is 0.458. The van der Waals surface area contributed by atoms with Crippen molar-refractivity contribution in [3.05, 3.63) is 69.7 Å². The Kier molecular flexibility index (Phi) is 6.38. The molecule has 0 atom stereocenters. The molecule has 0 bridgehead atoms. The zero-order chi connectivity index (χ0) is 20.3. The fourth-order valence-corrected chi connectivity index (χ4v) is 4.69. The van der Waals surface area contributed by atoms with Gasteiger partial charge in [0.05, 0.1) is 5.41 Å². The third-order valence-corrected chi connectivity index (χ3v) is 6.92. The second-order valence-electron chi connectivity index (χ2n) is 8.25. The molecule has 0 unspecified atom stereocenters. The van der Waals surface area contributed by atoms with E-state index in [9.17, 15) is 4.79 Å². The Morgan fingerprint density at radius 3 is 2.34 bits per heavy atom. The molecular weight excluding hydrogens is 426 g/mol. The standard InChI is InChI=1S/C24H30BrN3O/c1-2-27-12-14-28(15-13-27)18-20-7-4-3-6-19(20)17-26-23(29)24(10-11-24)21-8-5-9-22(25)16-21/h3-9,16H,2,10-15,17-18H2,1H3,(H,26,29). The number of rotatable bonds is 7. The number of hydrogen-bond acceptors (Lipinski definition) is 3. The number of piperazine rings is 1. The van der Waals surface area contributed by atoms with Crippen LogP contribution in [-0.4, -0.2) is 48.4 Å². The third-order valence-electron chi connectivity index (χ3n) is 6.43. The van der Waals surface area contributed by atoms with Gasteiger partial charge in [-0.2, -0.15) is 0 Å². The zero-order valence-corrected chi connectivity index (χ0v) is 18.7. The van der Waals surface area contributed by atoms with Gasteiger partial charge in [0.25, 0.3) is 0 Å². The lowest BCUT2D eigenvalue weighted by molar-refractivity contribution is -0.123. The number of benzene rings is 2. The summed E-state index contributed by atoms with van der Waals surface area (Å²) in [5.74, 6) is 0.155. The second-order valence-corrected chi connectivity index (χ2v) is 9.17. The largest absolute Gasteiger partial charge is 0.351 e. The zero-order valence-electron chi connectivity index (χ0n) is 17.2. The van der Waals surface area contributed by atoms with Crippen molar-refractivity contribution in [3.63, 3.8) is 0 Å². The highest BCUT2D eigenvalue weighted by atomic mass is 79.9. The van der Waals surface area contributed by atoms with E-state index in [0.29, 0.717) is 6.54 Å². The number of nitrogens with one attached hydrogen (secondary N) is 1. The van der Waals surface area contributed by atoms with Crippen molar-refractivity contribution >= 4 is 21.8 Å². The van der Waals surface area contributed by atoms with Crippen LogP contribution in [0.25, 0.3) is 0 Å². The number of hydrogen-bond donors (Lipinski definition) is 1. The summed E-state index contributed by atoms with van der Waals surface area (Å²) in [6.07, 6.45) is 1.86. The molecule has 1 aliphatic carbocycles. The monoisotopic (exact) mass is 455 g/mol. The maximum Gasteiger partial charge on any atom is 0.230 e. The molecule has 1 saturated heterocycles. The van der Waals surface area contributed by atoms with Gasteiger partial charge in [0.2, 0.25) is 5.91 Å². The van der Waals surface area contributed by atoms with Gasteiger partial charge < -0.3 is 10.2 Å². The van der Waals surface area contributed by atoms with E-state index in [1.807, 2.05) is 12.1 Å². The van der Waals surface area contributed by atoms with Crippen molar-refractivity contribution in [3.8, 4) is 0 Å². The normalized spacial score (nSPS) is 19.1. The third kappa shape index (κ3) is 4.73. The Hall–Kier alpha value is -1.69. The Balaban J connectivity index is 1.38. The average molecular weight is 456 g/mol. The number of amides is 1. The Bertz CT molecular complexity index is 857. The summed E-state index contributed by atoms with van der Waals surface area (Å²) in [4.78, 5) is 18.1. The van der Waals surface area contributed by atoms with Gasteiger partial charge in [-0.3, -0.25) is 9.69 Å². The van der Waals surface area contributed by atoms with E-state index < -0.39 is 0 Å². The van der Waals surface area contributed by atoms with E-state index in [2.05, 4.69) is 74.4 Å². The van der Waals surface area contributed by atoms with Gasteiger partial charge >= 0.3 is 0 Å². The molecule has 1 aliphatic heterocycles. The van der Waals surface area contributed by atoms with Crippen molar-refractivity contribution in [1.29, 1.82) is 0 Å². The molecule has 2 aromatic carbocycles. The van der Waals surface area contributed by atoms with Gasteiger partial charge in [-0.15, -0.1) is 0 Å². The highest BCUT2D eigenvalue weighted by molar-refractivity contribution is 9.10. The van der Waals surface area contributed by atoms with Crippen LogP contribution in [0.2, 0.25) is 0 Å². The highest BCUT2D eigenvalue weighted by Gasteiger charge is 2.51. The summed E-state index contributed by atoms with van der Waals surface area (Å²) in [7, 11) is 0. The van der Waals surface area contributed by atoms with E-state index in [1.165, 1.54) is 11.1 Å². The molecule has 4 rings (SSSR count). The van der Waals surface area contributed by atoms with Crippen LogP contribution in [-0.2, 0) is 23.3 Å². The molecule has 1 saturated carbocycles. The maximum absolute atomic E-state index is 13.0. The van der Waals surface area contributed by atoms with Crippen LogP contribution in [0.15, 0.2) is 53.0 Å². The van der Waals surface area contributed by atoms with Crippen LogP contribution < -0.4 is 5.32 Å². The molecule has 4 nitrogen and oxygen atoms in total. The summed E-state index contributed by atoms with van der Waals surface area (Å²) in [5.41, 5.74) is 3.33. The summed E-state index contributed by atoms with van der Waals surface area (Å²) in [6, 6.07) is 16.7. The van der Waals surface area contributed by atoms with Gasteiger partial charge in [0, 0.05) is 43.7 Å². The lowest BCUT2D eigenvalue weighted by Gasteiger charge is -2.34. The van der Waals surface area contributed by atoms with E-state index >= 15 is 0 Å². The van der Waals surface area contributed by atoms with Gasteiger partial charge in [0.1, 0.15) is 0 Å². The average Bonchev–Trinajstić information content (AvgIpc) is 3.56. The highest BCUT2D eigenvalue weighted by Crippen LogP contribution is 2.48. The Labute approximate surface area is 182 Å². The van der Waals surface area contributed by atoms with Crippen molar-refractivity contribution in [2.45, 2.75) is 38.3 Å². The van der Waals surface area contributed by atoms with E-state index in [4.69, 9.17) is 0 Å². The molecule has 2 aromatic rings. The smallest absolute Gasteiger partial charge is 0.230 e. The first-order valence-corrected chi connectivity index (χ1v) is 11.5. The van der Waals surface area contributed by atoms with Crippen LogP contribution in [0.1, 0.15) is 36.5 Å². The molecule has 1 amide bonds. The van der Waals surface area contributed by atoms with E-state index in [0.717, 1.165) is 62.1 Å². The number of carbonyl (C=O) groups is 1. The molecular formula is C24H30BrN3O. The van der Waals surface area contributed by atoms with Gasteiger partial charge in [-0.05, 0) is 48.2 Å². The van der Waals surface area contributed by atoms with Gasteiger partial charge in [-0.1, -0.05) is 59.3 Å². The molecule has 1 N–H and O–H groups in total. The van der Waals surface area contributed by atoms with Crippen molar-refractivity contribution < 1.29 is 4.79 Å². The molecule has 154 valence electrons. The SMILES string of the molecule is CCN1CCN(Cc2ccccc2CNC(=O)C2(c3cccc(Br)c3)CC2)CC1. The van der Waals surface area contributed by atoms with E-state index in [1.54, 1.807) is 0 Å². The number of likely N-dealkylation sites (N-methyl/N-ethyl adjacent to an activating group) is 1. The first-order chi connectivity index (χ1) is 14.1.